The molecule has 20 heavy (non-hydrogen) atoms. The molecule has 1 aromatic heterocycles. The molecule has 112 valence electrons. The molecule has 1 aliphatic heterocycles. The molecular weight excluding hydrogens is 268 g/mol. The van der Waals surface area contributed by atoms with Crippen LogP contribution in [0.2, 0.25) is 0 Å². The summed E-state index contributed by atoms with van der Waals surface area (Å²) in [6.07, 6.45) is 8.97. The highest BCUT2D eigenvalue weighted by Crippen LogP contribution is 2.44. The molecule has 4 heteroatoms. The van der Waals surface area contributed by atoms with Gasteiger partial charge in [0.1, 0.15) is 0 Å². The summed E-state index contributed by atoms with van der Waals surface area (Å²) in [4.78, 5) is 4.56. The Morgan fingerprint density at radius 2 is 2.30 bits per heavy atom. The molecule has 2 fully saturated rings. The minimum Gasteiger partial charge on any atom is -0.375 e. The fourth-order valence-corrected chi connectivity index (χ4v) is 4.59. The van der Waals surface area contributed by atoms with Crippen LogP contribution in [-0.4, -0.2) is 23.7 Å². The van der Waals surface area contributed by atoms with E-state index in [2.05, 4.69) is 22.6 Å². The van der Waals surface area contributed by atoms with Crippen LogP contribution in [0, 0.1) is 5.92 Å². The van der Waals surface area contributed by atoms with Crippen molar-refractivity contribution in [2.75, 3.05) is 13.2 Å². The molecule has 2 unspecified atom stereocenters. The molecule has 3 rings (SSSR count). The van der Waals surface area contributed by atoms with Gasteiger partial charge in [-0.25, -0.2) is 4.98 Å². The summed E-state index contributed by atoms with van der Waals surface area (Å²) >= 11 is 1.70. The highest BCUT2D eigenvalue weighted by molar-refractivity contribution is 7.07. The molecule has 2 heterocycles. The fraction of sp³-hybridized carbons (Fsp3) is 0.812. The molecule has 0 bridgehead atoms. The molecule has 3 nitrogen and oxygen atoms in total. The molecular formula is C16H26N2OS. The Hall–Kier alpha value is -0.450. The average Bonchev–Trinajstić information content (AvgIpc) is 2.99. The zero-order valence-electron chi connectivity index (χ0n) is 12.4. The predicted octanol–water partition coefficient (Wildman–Crippen LogP) is 3.92. The van der Waals surface area contributed by atoms with E-state index in [0.717, 1.165) is 19.6 Å². The second-order valence-electron chi connectivity index (χ2n) is 6.29. The molecule has 2 aliphatic rings. The minimum atomic E-state index is 0.185. The molecule has 0 radical (unpaired) electrons. The van der Waals surface area contributed by atoms with Crippen molar-refractivity contribution >= 4 is 11.3 Å². The molecule has 0 amide bonds. The van der Waals surface area contributed by atoms with E-state index in [9.17, 15) is 0 Å². The maximum Gasteiger partial charge on any atom is 0.0795 e. The Morgan fingerprint density at radius 1 is 1.45 bits per heavy atom. The van der Waals surface area contributed by atoms with E-state index in [-0.39, 0.29) is 5.60 Å². The van der Waals surface area contributed by atoms with Gasteiger partial charge in [0.25, 0.3) is 0 Å². The van der Waals surface area contributed by atoms with Crippen molar-refractivity contribution in [1.82, 2.24) is 10.3 Å². The second-order valence-corrected chi connectivity index (χ2v) is 7.01. The first-order valence-corrected chi connectivity index (χ1v) is 9.03. The third kappa shape index (κ3) is 3.07. The molecule has 0 aromatic carbocycles. The number of thiazole rings is 1. The van der Waals surface area contributed by atoms with Crippen LogP contribution in [0.3, 0.4) is 0 Å². The largest absolute Gasteiger partial charge is 0.375 e. The van der Waals surface area contributed by atoms with Gasteiger partial charge in [-0.15, -0.1) is 11.3 Å². The van der Waals surface area contributed by atoms with E-state index in [1.807, 2.05) is 5.51 Å². The summed E-state index contributed by atoms with van der Waals surface area (Å²) in [5.41, 5.74) is 3.37. The molecule has 1 N–H and O–H groups in total. The van der Waals surface area contributed by atoms with Crippen molar-refractivity contribution in [3.63, 3.8) is 0 Å². The average molecular weight is 294 g/mol. The van der Waals surface area contributed by atoms with Crippen LogP contribution < -0.4 is 5.32 Å². The molecule has 1 aliphatic carbocycles. The van der Waals surface area contributed by atoms with Crippen molar-refractivity contribution in [3.8, 4) is 0 Å². The summed E-state index contributed by atoms with van der Waals surface area (Å²) in [5.74, 6) is 0.670. The van der Waals surface area contributed by atoms with Gasteiger partial charge >= 0.3 is 0 Å². The number of nitrogens with zero attached hydrogens (tertiary/aromatic N) is 1. The van der Waals surface area contributed by atoms with Crippen molar-refractivity contribution in [2.45, 2.75) is 63.5 Å². The lowest BCUT2D eigenvalue weighted by Crippen LogP contribution is -2.44. The molecule has 1 aromatic rings. The number of hydrogen-bond acceptors (Lipinski definition) is 4. The van der Waals surface area contributed by atoms with Crippen LogP contribution in [-0.2, 0) is 4.74 Å². The van der Waals surface area contributed by atoms with E-state index < -0.39 is 0 Å². The van der Waals surface area contributed by atoms with Gasteiger partial charge in [0.05, 0.1) is 22.8 Å². The van der Waals surface area contributed by atoms with Crippen LogP contribution in [0.5, 0.6) is 0 Å². The monoisotopic (exact) mass is 294 g/mol. The Morgan fingerprint density at radius 3 is 3.00 bits per heavy atom. The van der Waals surface area contributed by atoms with Gasteiger partial charge in [-0.1, -0.05) is 26.2 Å². The zero-order valence-corrected chi connectivity index (χ0v) is 13.3. The topological polar surface area (TPSA) is 34.2 Å². The number of aromatic nitrogens is 1. The van der Waals surface area contributed by atoms with Gasteiger partial charge in [0.2, 0.25) is 0 Å². The summed E-state index contributed by atoms with van der Waals surface area (Å²) in [6, 6.07) is 0.411. The van der Waals surface area contributed by atoms with Crippen molar-refractivity contribution in [3.05, 3.63) is 16.6 Å². The highest BCUT2D eigenvalue weighted by atomic mass is 32.1. The van der Waals surface area contributed by atoms with Crippen LogP contribution >= 0.6 is 11.3 Å². The highest BCUT2D eigenvalue weighted by Gasteiger charge is 2.41. The van der Waals surface area contributed by atoms with Crippen LogP contribution in [0.4, 0.5) is 0 Å². The summed E-state index contributed by atoms with van der Waals surface area (Å²) in [5, 5.41) is 5.87. The van der Waals surface area contributed by atoms with Crippen molar-refractivity contribution in [1.29, 1.82) is 0 Å². The van der Waals surface area contributed by atoms with E-state index in [1.54, 1.807) is 11.3 Å². The van der Waals surface area contributed by atoms with Gasteiger partial charge < -0.3 is 10.1 Å². The van der Waals surface area contributed by atoms with E-state index in [0.29, 0.717) is 12.0 Å². The Labute approximate surface area is 126 Å². The van der Waals surface area contributed by atoms with Gasteiger partial charge in [0.15, 0.2) is 0 Å². The fourth-order valence-electron chi connectivity index (χ4n) is 4.00. The number of nitrogens with one attached hydrogen (secondary N) is 1. The van der Waals surface area contributed by atoms with Crippen LogP contribution in [0.25, 0.3) is 0 Å². The summed E-state index contributed by atoms with van der Waals surface area (Å²) in [6.45, 7) is 4.12. The van der Waals surface area contributed by atoms with Gasteiger partial charge in [-0.05, 0) is 38.1 Å². The molecule has 1 saturated carbocycles. The molecule has 2 atom stereocenters. The van der Waals surface area contributed by atoms with Crippen LogP contribution in [0.15, 0.2) is 10.9 Å². The Kier molecular flexibility index (Phi) is 4.74. The van der Waals surface area contributed by atoms with Gasteiger partial charge in [0, 0.05) is 12.0 Å². The maximum atomic E-state index is 6.24. The normalized spacial score (nSPS) is 27.6. The van der Waals surface area contributed by atoms with Crippen molar-refractivity contribution in [2.24, 2.45) is 5.92 Å². The number of hydrogen-bond donors (Lipinski definition) is 1. The summed E-state index contributed by atoms with van der Waals surface area (Å²) in [7, 11) is 0. The maximum absolute atomic E-state index is 6.24. The number of ether oxygens (including phenoxy) is 1. The Balaban J connectivity index is 1.73. The van der Waals surface area contributed by atoms with E-state index >= 15 is 0 Å². The van der Waals surface area contributed by atoms with Crippen LogP contribution in [0.1, 0.15) is 63.6 Å². The van der Waals surface area contributed by atoms with E-state index in [4.69, 9.17) is 4.74 Å². The lowest BCUT2D eigenvalue weighted by molar-refractivity contribution is -0.122. The SMILES string of the molecule is CCNC(c1cscn1)C1CCOC2(CCCCC2)C1. The standard InChI is InChI=1S/C16H26N2OS/c1-2-17-15(14-11-20-12-18-14)13-6-9-19-16(10-13)7-4-3-5-8-16/h11-13,15,17H,2-10H2,1H3. The minimum absolute atomic E-state index is 0.185. The third-order valence-corrected chi connectivity index (χ3v) is 5.57. The van der Waals surface area contributed by atoms with Crippen molar-refractivity contribution < 1.29 is 4.74 Å². The summed E-state index contributed by atoms with van der Waals surface area (Å²) < 4.78 is 6.24. The lowest BCUT2D eigenvalue weighted by atomic mass is 9.73. The second kappa shape index (κ2) is 6.54. The van der Waals surface area contributed by atoms with Gasteiger partial charge in [-0.3, -0.25) is 0 Å². The third-order valence-electron chi connectivity index (χ3n) is 4.96. The molecule has 1 spiro atoms. The smallest absolute Gasteiger partial charge is 0.0795 e. The first kappa shape index (κ1) is 14.5. The Bertz CT molecular complexity index is 395. The van der Waals surface area contributed by atoms with Gasteiger partial charge in [-0.2, -0.15) is 0 Å². The predicted molar refractivity (Wildman–Crippen MR) is 83.0 cm³/mol. The zero-order chi connectivity index (χ0) is 13.8. The first-order valence-electron chi connectivity index (χ1n) is 8.08. The lowest BCUT2D eigenvalue weighted by Gasteiger charge is -2.45. The number of rotatable bonds is 4. The van der Waals surface area contributed by atoms with E-state index in [1.165, 1.54) is 44.2 Å². The molecule has 1 saturated heterocycles. The first-order chi connectivity index (χ1) is 9.83. The quantitative estimate of drug-likeness (QED) is 0.914.